The molecular weight excluding hydrogens is 228 g/mol. The zero-order valence-corrected chi connectivity index (χ0v) is 10.8. The Balaban J connectivity index is 1.89. The van der Waals surface area contributed by atoms with Crippen LogP contribution in [0.5, 0.6) is 0 Å². The first kappa shape index (κ1) is 12.7. The quantitative estimate of drug-likeness (QED) is 0.779. The van der Waals surface area contributed by atoms with Crippen LogP contribution in [-0.4, -0.2) is 22.2 Å². The fraction of sp³-hybridized carbons (Fsp3) is 0.538. The highest BCUT2D eigenvalue weighted by atomic mass is 16.2. The predicted octanol–water partition coefficient (Wildman–Crippen LogP) is 1.72. The number of aryl methyl sites for hydroxylation is 1. The third-order valence-electron chi connectivity index (χ3n) is 3.25. The summed E-state index contributed by atoms with van der Waals surface area (Å²) in [6.07, 6.45) is 8.34. The van der Waals surface area contributed by atoms with Crippen LogP contribution >= 0.6 is 0 Å². The first-order valence-electron chi connectivity index (χ1n) is 6.49. The summed E-state index contributed by atoms with van der Waals surface area (Å²) in [6, 6.07) is 0. The second kappa shape index (κ2) is 5.71. The number of nitrogens with zero attached hydrogens (tertiary/aromatic N) is 2. The molecule has 1 aromatic heterocycles. The van der Waals surface area contributed by atoms with Gasteiger partial charge in [0.1, 0.15) is 5.69 Å². The molecule has 0 saturated carbocycles. The van der Waals surface area contributed by atoms with E-state index in [1.165, 1.54) is 31.0 Å². The van der Waals surface area contributed by atoms with Gasteiger partial charge in [-0.3, -0.25) is 9.48 Å². The Morgan fingerprint density at radius 1 is 1.61 bits per heavy atom. The average molecular weight is 248 g/mol. The van der Waals surface area contributed by atoms with E-state index in [-0.39, 0.29) is 5.91 Å². The maximum absolute atomic E-state index is 12.0. The molecule has 98 valence electrons. The molecule has 0 fully saturated rings. The highest BCUT2D eigenvalue weighted by Crippen LogP contribution is 2.19. The van der Waals surface area contributed by atoms with E-state index < -0.39 is 0 Å². The number of carbonyl (C=O) groups excluding carboxylic acids is 1. The molecule has 1 heterocycles. The number of amides is 1. The summed E-state index contributed by atoms with van der Waals surface area (Å²) < 4.78 is 1.62. The van der Waals surface area contributed by atoms with Crippen molar-refractivity contribution in [2.45, 2.75) is 39.2 Å². The van der Waals surface area contributed by atoms with Crippen LogP contribution in [0.25, 0.3) is 0 Å². The molecule has 0 unspecified atom stereocenters. The van der Waals surface area contributed by atoms with Crippen molar-refractivity contribution in [2.24, 2.45) is 0 Å². The number of anilines is 1. The summed E-state index contributed by atoms with van der Waals surface area (Å²) in [6.45, 7) is 3.25. The fourth-order valence-corrected chi connectivity index (χ4v) is 2.27. The van der Waals surface area contributed by atoms with Gasteiger partial charge in [0.15, 0.2) is 0 Å². The minimum Gasteiger partial charge on any atom is -0.396 e. The zero-order valence-electron chi connectivity index (χ0n) is 10.8. The van der Waals surface area contributed by atoms with Crippen molar-refractivity contribution in [3.8, 4) is 0 Å². The monoisotopic (exact) mass is 248 g/mol. The zero-order chi connectivity index (χ0) is 13.0. The number of carbonyl (C=O) groups is 1. The molecule has 0 radical (unpaired) electrons. The van der Waals surface area contributed by atoms with Crippen LogP contribution in [0.15, 0.2) is 17.8 Å². The van der Waals surface area contributed by atoms with E-state index in [4.69, 9.17) is 5.73 Å². The molecular formula is C13H20N4O. The molecule has 5 heteroatoms. The first-order valence-corrected chi connectivity index (χ1v) is 6.49. The van der Waals surface area contributed by atoms with E-state index in [2.05, 4.69) is 16.5 Å². The normalized spacial score (nSPS) is 14.6. The summed E-state index contributed by atoms with van der Waals surface area (Å²) >= 11 is 0. The van der Waals surface area contributed by atoms with Crippen molar-refractivity contribution in [3.05, 3.63) is 23.5 Å². The lowest BCUT2D eigenvalue weighted by Crippen LogP contribution is -2.28. The van der Waals surface area contributed by atoms with E-state index in [1.54, 1.807) is 4.68 Å². The number of nitrogens with one attached hydrogen (secondary N) is 1. The molecule has 2 rings (SSSR count). The Morgan fingerprint density at radius 3 is 3.11 bits per heavy atom. The molecule has 0 bridgehead atoms. The number of hydrogen-bond acceptors (Lipinski definition) is 3. The lowest BCUT2D eigenvalue weighted by molar-refractivity contribution is 0.0944. The van der Waals surface area contributed by atoms with Crippen molar-refractivity contribution < 1.29 is 4.79 Å². The number of aromatic nitrogens is 2. The van der Waals surface area contributed by atoms with Crippen molar-refractivity contribution in [1.82, 2.24) is 15.1 Å². The number of allylic oxidation sites excluding steroid dienone is 1. The number of rotatable bonds is 5. The smallest absolute Gasteiger partial charge is 0.271 e. The van der Waals surface area contributed by atoms with E-state index in [0.717, 1.165) is 6.42 Å². The molecule has 0 spiro atoms. The molecule has 0 atom stereocenters. The second-order valence-corrected chi connectivity index (χ2v) is 4.52. The molecule has 1 aliphatic carbocycles. The molecule has 3 N–H and O–H groups in total. The number of hydrogen-bond donors (Lipinski definition) is 2. The topological polar surface area (TPSA) is 72.9 Å². The Labute approximate surface area is 107 Å². The number of nitrogen functional groups attached to an aromatic ring is 1. The summed E-state index contributed by atoms with van der Waals surface area (Å²) in [4.78, 5) is 12.0. The van der Waals surface area contributed by atoms with E-state index >= 15 is 0 Å². The average Bonchev–Trinajstić information content (AvgIpc) is 2.98. The summed E-state index contributed by atoms with van der Waals surface area (Å²) in [7, 11) is 0. The maximum atomic E-state index is 12.0. The van der Waals surface area contributed by atoms with Crippen LogP contribution in [0.1, 0.15) is 43.1 Å². The van der Waals surface area contributed by atoms with Gasteiger partial charge in [-0.2, -0.15) is 5.10 Å². The molecule has 5 nitrogen and oxygen atoms in total. The Morgan fingerprint density at radius 2 is 2.44 bits per heavy atom. The molecule has 0 aromatic carbocycles. The van der Waals surface area contributed by atoms with Gasteiger partial charge < -0.3 is 11.1 Å². The van der Waals surface area contributed by atoms with E-state index in [9.17, 15) is 4.79 Å². The standard InChI is InChI=1S/C13H20N4O/c1-2-17-12(11(14)9-16-17)13(18)15-8-7-10-5-3-4-6-10/h5,9H,2-4,6-8,14H2,1H3,(H,15,18). The van der Waals surface area contributed by atoms with Gasteiger partial charge in [0.05, 0.1) is 11.9 Å². The van der Waals surface area contributed by atoms with Gasteiger partial charge in [-0.1, -0.05) is 11.6 Å². The fourth-order valence-electron chi connectivity index (χ4n) is 2.27. The number of nitrogens with two attached hydrogens (primary N) is 1. The SMILES string of the molecule is CCn1ncc(N)c1C(=O)NCCC1=CCCC1. The molecule has 18 heavy (non-hydrogen) atoms. The lowest BCUT2D eigenvalue weighted by Gasteiger charge is -2.08. The van der Waals surface area contributed by atoms with Crippen LogP contribution in [-0.2, 0) is 6.54 Å². The van der Waals surface area contributed by atoms with E-state index in [0.29, 0.717) is 24.5 Å². The van der Waals surface area contributed by atoms with Gasteiger partial charge in [-0.25, -0.2) is 0 Å². The lowest BCUT2D eigenvalue weighted by atomic mass is 10.1. The molecule has 1 aromatic rings. The Bertz CT molecular complexity index is 462. The van der Waals surface area contributed by atoms with Gasteiger partial charge >= 0.3 is 0 Å². The van der Waals surface area contributed by atoms with Gasteiger partial charge in [-0.05, 0) is 32.6 Å². The summed E-state index contributed by atoms with van der Waals surface area (Å²) in [5.41, 5.74) is 8.12. The largest absolute Gasteiger partial charge is 0.396 e. The van der Waals surface area contributed by atoms with E-state index in [1.807, 2.05) is 6.92 Å². The van der Waals surface area contributed by atoms with Crippen molar-refractivity contribution in [2.75, 3.05) is 12.3 Å². The van der Waals surface area contributed by atoms with Crippen LogP contribution < -0.4 is 11.1 Å². The van der Waals surface area contributed by atoms with Crippen LogP contribution in [0, 0.1) is 0 Å². The molecule has 0 saturated heterocycles. The minimum absolute atomic E-state index is 0.134. The third-order valence-corrected chi connectivity index (χ3v) is 3.25. The van der Waals surface area contributed by atoms with Crippen LogP contribution in [0.3, 0.4) is 0 Å². The molecule has 1 amide bonds. The van der Waals surface area contributed by atoms with Gasteiger partial charge in [0.2, 0.25) is 0 Å². The first-order chi connectivity index (χ1) is 8.72. The van der Waals surface area contributed by atoms with Crippen LogP contribution in [0.4, 0.5) is 5.69 Å². The third kappa shape index (κ3) is 2.72. The summed E-state index contributed by atoms with van der Waals surface area (Å²) in [5.74, 6) is -0.134. The maximum Gasteiger partial charge on any atom is 0.271 e. The van der Waals surface area contributed by atoms with Crippen molar-refractivity contribution >= 4 is 11.6 Å². The highest BCUT2D eigenvalue weighted by Gasteiger charge is 2.15. The minimum atomic E-state index is -0.134. The Hall–Kier alpha value is -1.78. The van der Waals surface area contributed by atoms with Gasteiger partial charge in [0.25, 0.3) is 5.91 Å². The van der Waals surface area contributed by atoms with Crippen molar-refractivity contribution in [1.29, 1.82) is 0 Å². The predicted molar refractivity (Wildman–Crippen MR) is 71.2 cm³/mol. The highest BCUT2D eigenvalue weighted by molar-refractivity contribution is 5.97. The molecule has 1 aliphatic rings. The van der Waals surface area contributed by atoms with Gasteiger partial charge in [-0.15, -0.1) is 0 Å². The summed E-state index contributed by atoms with van der Waals surface area (Å²) in [5, 5.41) is 6.97. The van der Waals surface area contributed by atoms with Crippen molar-refractivity contribution in [3.63, 3.8) is 0 Å². The van der Waals surface area contributed by atoms with Crippen LogP contribution in [0.2, 0.25) is 0 Å². The van der Waals surface area contributed by atoms with Gasteiger partial charge in [0, 0.05) is 13.1 Å². The molecule has 0 aliphatic heterocycles. The second-order valence-electron chi connectivity index (χ2n) is 4.52. The Kier molecular flexibility index (Phi) is 4.02.